The van der Waals surface area contributed by atoms with E-state index in [0.29, 0.717) is 35.2 Å². The number of nitrogens with zero attached hydrogens (tertiary/aromatic N) is 5. The molecular weight excluding hydrogens is 519 g/mol. The second-order valence-electron chi connectivity index (χ2n) is 12.4. The number of ether oxygens (including phenoxy) is 1. The number of rotatable bonds is 6. The first kappa shape index (κ1) is 26.4. The molecule has 3 fully saturated rings. The minimum Gasteiger partial charge on any atom is -0.494 e. The molecule has 4 heterocycles. The molecule has 1 aliphatic heterocycles. The molecule has 1 amide bonds. The summed E-state index contributed by atoms with van der Waals surface area (Å²) >= 11 is 0. The Bertz CT molecular complexity index is 1610. The van der Waals surface area contributed by atoms with E-state index in [2.05, 4.69) is 27.3 Å². The number of piperidine rings is 1. The Kier molecular flexibility index (Phi) is 6.72. The van der Waals surface area contributed by atoms with Gasteiger partial charge in [-0.2, -0.15) is 0 Å². The number of likely N-dealkylation sites (tertiary alicyclic amines) is 1. The van der Waals surface area contributed by atoms with E-state index < -0.39 is 6.17 Å². The maximum absolute atomic E-state index is 14.2. The number of carbonyl (C=O) groups is 1. The lowest BCUT2D eigenvalue weighted by atomic mass is 9.86. The molecule has 8 nitrogen and oxygen atoms in total. The van der Waals surface area contributed by atoms with Crippen molar-refractivity contribution in [3.63, 3.8) is 0 Å². The molecule has 2 N–H and O–H groups in total. The first-order valence-corrected chi connectivity index (χ1v) is 15.1. The van der Waals surface area contributed by atoms with E-state index in [0.717, 1.165) is 34.6 Å². The Morgan fingerprint density at radius 3 is 2.61 bits per heavy atom. The van der Waals surface area contributed by atoms with Gasteiger partial charge >= 0.3 is 0 Å². The fraction of sp³-hybridized carbons (Fsp3) is 0.531. The number of nitrogens with two attached hydrogens (primary N) is 1. The van der Waals surface area contributed by atoms with Gasteiger partial charge in [-0.25, -0.2) is 14.4 Å². The number of halogens is 1. The summed E-state index contributed by atoms with van der Waals surface area (Å²) in [6.07, 6.45) is 7.97. The molecule has 9 heteroatoms. The van der Waals surface area contributed by atoms with Gasteiger partial charge in [0.2, 0.25) is 0 Å². The molecule has 216 valence electrons. The summed E-state index contributed by atoms with van der Waals surface area (Å²) in [6, 6.07) is 9.81. The second-order valence-corrected chi connectivity index (χ2v) is 12.4. The number of fused-ring (bicyclic) bond motifs is 2. The van der Waals surface area contributed by atoms with Crippen molar-refractivity contribution in [1.29, 1.82) is 0 Å². The number of hydrogen-bond donors (Lipinski definition) is 1. The Hall–Kier alpha value is -3.46. The smallest absolute Gasteiger partial charge is 0.254 e. The minimum atomic E-state index is -1.12. The van der Waals surface area contributed by atoms with Crippen molar-refractivity contribution in [2.45, 2.75) is 76.0 Å². The van der Waals surface area contributed by atoms with Crippen molar-refractivity contribution in [3.05, 3.63) is 41.6 Å². The van der Waals surface area contributed by atoms with Crippen LogP contribution < -0.4 is 10.5 Å². The summed E-state index contributed by atoms with van der Waals surface area (Å²) in [5.41, 5.74) is 11.2. The van der Waals surface area contributed by atoms with Crippen LogP contribution in [0.1, 0.15) is 73.3 Å². The van der Waals surface area contributed by atoms with E-state index in [-0.39, 0.29) is 24.9 Å². The standard InChI is InChI=1S/C32H39FN6O2/c1-37-29-26(12-22(14-28(29)41-2)32(40)38-17-23(33)15-24(34)18-38)36-31(37)27-13-21-10-11-25(20-6-4-3-5-7-20)35-30(21)39(27)16-19-8-9-19/h10-14,19-20,23-24H,3-9,15-18,34H2,1-2H3/t23-,24-/m1/s1. The van der Waals surface area contributed by atoms with Gasteiger partial charge in [-0.05, 0) is 68.4 Å². The lowest BCUT2D eigenvalue weighted by Crippen LogP contribution is -2.50. The van der Waals surface area contributed by atoms with Gasteiger partial charge in [-0.1, -0.05) is 19.3 Å². The Balaban J connectivity index is 1.32. The first-order chi connectivity index (χ1) is 19.9. The van der Waals surface area contributed by atoms with Gasteiger partial charge in [-0.15, -0.1) is 0 Å². The zero-order valence-electron chi connectivity index (χ0n) is 24.0. The highest BCUT2D eigenvalue weighted by atomic mass is 19.1. The second kappa shape index (κ2) is 10.4. The molecule has 2 atom stereocenters. The van der Waals surface area contributed by atoms with E-state index in [1.54, 1.807) is 19.2 Å². The van der Waals surface area contributed by atoms with E-state index in [4.69, 9.17) is 20.4 Å². The minimum absolute atomic E-state index is 0.0530. The normalized spacial score (nSPS) is 22.1. The summed E-state index contributed by atoms with van der Waals surface area (Å²) in [7, 11) is 3.59. The first-order valence-electron chi connectivity index (χ1n) is 15.1. The van der Waals surface area contributed by atoms with Crippen LogP contribution in [0.15, 0.2) is 30.3 Å². The third-order valence-corrected chi connectivity index (χ3v) is 9.28. The van der Waals surface area contributed by atoms with E-state index >= 15 is 0 Å². The highest BCUT2D eigenvalue weighted by Gasteiger charge is 2.31. The van der Waals surface area contributed by atoms with Gasteiger partial charge in [0.25, 0.3) is 5.91 Å². The summed E-state index contributed by atoms with van der Waals surface area (Å²) in [5.74, 6) is 2.32. The molecule has 41 heavy (non-hydrogen) atoms. The molecule has 0 bridgehead atoms. The number of carbonyl (C=O) groups excluding carboxylic acids is 1. The number of aryl methyl sites for hydroxylation is 1. The predicted octanol–water partition coefficient (Wildman–Crippen LogP) is 5.57. The zero-order chi connectivity index (χ0) is 28.2. The lowest BCUT2D eigenvalue weighted by molar-refractivity contribution is 0.0606. The molecule has 0 radical (unpaired) electrons. The average Bonchev–Trinajstić information content (AvgIpc) is 3.65. The SMILES string of the molecule is COc1cc(C(=O)N2C[C@H](N)C[C@@H](F)C2)cc2nc(-c3cc4ccc(C5CCCCC5)nc4n3CC3CC3)n(C)c12. The van der Waals surface area contributed by atoms with Crippen LogP contribution >= 0.6 is 0 Å². The fourth-order valence-corrected chi connectivity index (χ4v) is 6.94. The van der Waals surface area contributed by atoms with Gasteiger partial charge in [0.15, 0.2) is 5.82 Å². The molecule has 7 rings (SSSR count). The van der Waals surface area contributed by atoms with Crippen molar-refractivity contribution in [2.24, 2.45) is 18.7 Å². The topological polar surface area (TPSA) is 91.2 Å². The molecule has 0 unspecified atom stereocenters. The van der Waals surface area contributed by atoms with Gasteiger partial charge in [-0.3, -0.25) is 4.79 Å². The van der Waals surface area contributed by atoms with Crippen LogP contribution in [0.5, 0.6) is 5.75 Å². The third kappa shape index (κ3) is 4.88. The number of imidazole rings is 1. The molecule has 1 saturated heterocycles. The van der Waals surface area contributed by atoms with E-state index in [1.807, 2.05) is 7.05 Å². The summed E-state index contributed by atoms with van der Waals surface area (Å²) in [5, 5.41) is 1.12. The van der Waals surface area contributed by atoms with Crippen molar-refractivity contribution >= 4 is 28.0 Å². The molecule has 2 aliphatic carbocycles. The number of pyridine rings is 1. The number of aromatic nitrogens is 4. The van der Waals surface area contributed by atoms with Crippen molar-refractivity contribution in [1.82, 2.24) is 24.0 Å². The Morgan fingerprint density at radius 1 is 1.07 bits per heavy atom. The van der Waals surface area contributed by atoms with Gasteiger partial charge < -0.3 is 24.5 Å². The predicted molar refractivity (Wildman–Crippen MR) is 158 cm³/mol. The molecular formula is C32H39FN6O2. The fourth-order valence-electron chi connectivity index (χ4n) is 6.94. The van der Waals surface area contributed by atoms with Gasteiger partial charge in [0, 0.05) is 48.7 Å². The summed E-state index contributed by atoms with van der Waals surface area (Å²) < 4.78 is 24.4. The summed E-state index contributed by atoms with van der Waals surface area (Å²) in [6.45, 7) is 1.31. The maximum Gasteiger partial charge on any atom is 0.254 e. The van der Waals surface area contributed by atoms with E-state index in [1.165, 1.54) is 55.5 Å². The van der Waals surface area contributed by atoms with Crippen LogP contribution in [0.4, 0.5) is 4.39 Å². The van der Waals surface area contributed by atoms with Gasteiger partial charge in [0.05, 0.1) is 24.9 Å². The molecule has 3 aliphatic rings. The highest BCUT2D eigenvalue weighted by molar-refractivity contribution is 6.00. The van der Waals surface area contributed by atoms with Crippen LogP contribution in [-0.4, -0.2) is 62.3 Å². The number of hydrogen-bond acceptors (Lipinski definition) is 5. The van der Waals surface area contributed by atoms with Crippen LogP contribution in [0.3, 0.4) is 0 Å². The monoisotopic (exact) mass is 558 g/mol. The largest absolute Gasteiger partial charge is 0.494 e. The number of amides is 1. The third-order valence-electron chi connectivity index (χ3n) is 9.28. The van der Waals surface area contributed by atoms with Crippen LogP contribution in [-0.2, 0) is 13.6 Å². The van der Waals surface area contributed by atoms with Gasteiger partial charge in [0.1, 0.15) is 23.1 Å². The maximum atomic E-state index is 14.2. The highest BCUT2D eigenvalue weighted by Crippen LogP contribution is 2.39. The average molecular weight is 559 g/mol. The number of benzene rings is 1. The quantitative estimate of drug-likeness (QED) is 0.334. The molecule has 2 saturated carbocycles. The van der Waals surface area contributed by atoms with E-state index in [9.17, 15) is 9.18 Å². The number of alkyl halides is 1. The van der Waals surface area contributed by atoms with Crippen molar-refractivity contribution in [2.75, 3.05) is 20.2 Å². The molecule has 0 spiro atoms. The number of methoxy groups -OCH3 is 1. The van der Waals surface area contributed by atoms with Crippen molar-refractivity contribution < 1.29 is 13.9 Å². The Morgan fingerprint density at radius 2 is 1.88 bits per heavy atom. The summed E-state index contributed by atoms with van der Waals surface area (Å²) in [4.78, 5) is 25.3. The molecule has 4 aromatic rings. The Labute approximate surface area is 239 Å². The lowest BCUT2D eigenvalue weighted by Gasteiger charge is -2.33. The zero-order valence-corrected chi connectivity index (χ0v) is 24.0. The van der Waals surface area contributed by atoms with Crippen molar-refractivity contribution in [3.8, 4) is 17.3 Å². The van der Waals surface area contributed by atoms with Crippen LogP contribution in [0, 0.1) is 5.92 Å². The molecule has 1 aromatic carbocycles. The molecule has 3 aromatic heterocycles. The van der Waals surface area contributed by atoms with Crippen LogP contribution in [0.2, 0.25) is 0 Å². The van der Waals surface area contributed by atoms with Crippen LogP contribution in [0.25, 0.3) is 33.6 Å².